The first-order chi connectivity index (χ1) is 12.2. The number of carbonyl (C=O) groups excluding carboxylic acids is 2. The van der Waals surface area contributed by atoms with Crippen LogP contribution in [0.15, 0.2) is 50.7 Å². The van der Waals surface area contributed by atoms with Crippen LogP contribution in [-0.2, 0) is 4.79 Å². The third-order valence-electron chi connectivity index (χ3n) is 3.40. The highest BCUT2D eigenvalue weighted by Crippen LogP contribution is 2.29. The summed E-state index contributed by atoms with van der Waals surface area (Å²) in [6.45, 7) is -0.0225. The van der Waals surface area contributed by atoms with E-state index in [-0.39, 0.29) is 35.2 Å². The summed E-state index contributed by atoms with van der Waals surface area (Å²) in [6.07, 6.45) is 1.51. The predicted octanol–water partition coefficient (Wildman–Crippen LogP) is 2.64. The Morgan fingerprint density at radius 1 is 1.28 bits per heavy atom. The average Bonchev–Trinajstić information content (AvgIpc) is 3.30. The minimum Gasteiger partial charge on any atom is -0.482 e. The molecule has 8 nitrogen and oxygen atoms in total. The molecule has 1 aliphatic rings. The Kier molecular flexibility index (Phi) is 3.98. The van der Waals surface area contributed by atoms with Crippen molar-refractivity contribution in [3.63, 3.8) is 0 Å². The molecule has 1 aromatic carbocycles. The van der Waals surface area contributed by atoms with Crippen LogP contribution in [0.1, 0.15) is 10.4 Å². The van der Waals surface area contributed by atoms with Gasteiger partial charge in [0.15, 0.2) is 18.2 Å². The Balaban J connectivity index is 1.42. The molecule has 1 aliphatic heterocycles. The lowest BCUT2D eigenvalue weighted by molar-refractivity contribution is -0.118. The summed E-state index contributed by atoms with van der Waals surface area (Å²) in [5.74, 6) is 1.01. The van der Waals surface area contributed by atoms with Gasteiger partial charge < -0.3 is 18.9 Å². The van der Waals surface area contributed by atoms with Crippen molar-refractivity contribution in [1.82, 2.24) is 10.2 Å². The smallest absolute Gasteiger partial charge is 0.284 e. The summed E-state index contributed by atoms with van der Waals surface area (Å²) in [4.78, 5) is 23.7. The van der Waals surface area contributed by atoms with Crippen LogP contribution < -0.4 is 10.1 Å². The number of nitrogens with zero attached hydrogens (tertiary/aromatic N) is 2. The van der Waals surface area contributed by atoms with Crippen LogP contribution in [0.3, 0.4) is 0 Å². The summed E-state index contributed by atoms with van der Waals surface area (Å²) in [7, 11) is 0. The molecule has 0 spiro atoms. The van der Waals surface area contributed by atoms with Gasteiger partial charge in [-0.05, 0) is 30.3 Å². The molecule has 0 fully saturated rings. The van der Waals surface area contributed by atoms with Crippen molar-refractivity contribution in [1.29, 1.82) is 0 Å². The number of hydrogen-bond acceptors (Lipinski definition) is 8. The zero-order valence-electron chi connectivity index (χ0n) is 12.7. The van der Waals surface area contributed by atoms with Crippen LogP contribution in [0.4, 0.5) is 5.69 Å². The monoisotopic (exact) mass is 357 g/mol. The maximum atomic E-state index is 12.3. The number of anilines is 1. The minimum absolute atomic E-state index is 0.0225. The molecule has 0 saturated carbocycles. The molecule has 0 unspecified atom stereocenters. The molecule has 1 amide bonds. The topological polar surface area (TPSA) is 107 Å². The van der Waals surface area contributed by atoms with Gasteiger partial charge in [0.25, 0.3) is 17.0 Å². The molecule has 0 atom stereocenters. The Labute approximate surface area is 145 Å². The Morgan fingerprint density at radius 3 is 3.04 bits per heavy atom. The number of Topliss-reactive ketones (excluding diaryl/α,β-unsaturated/α-hetero) is 1. The van der Waals surface area contributed by atoms with E-state index >= 15 is 0 Å². The highest BCUT2D eigenvalue weighted by Gasteiger charge is 2.19. The molecule has 0 aliphatic carbocycles. The number of ketones is 1. The minimum atomic E-state index is -0.247. The van der Waals surface area contributed by atoms with Crippen molar-refractivity contribution in [2.24, 2.45) is 0 Å². The number of benzene rings is 1. The molecule has 3 heterocycles. The van der Waals surface area contributed by atoms with Gasteiger partial charge in [-0.1, -0.05) is 11.8 Å². The molecule has 4 rings (SSSR count). The van der Waals surface area contributed by atoms with E-state index in [9.17, 15) is 9.59 Å². The van der Waals surface area contributed by atoms with Gasteiger partial charge in [0, 0.05) is 5.56 Å². The van der Waals surface area contributed by atoms with Gasteiger partial charge in [0.2, 0.25) is 0 Å². The van der Waals surface area contributed by atoms with Gasteiger partial charge in [0.1, 0.15) is 5.75 Å². The quantitative estimate of drug-likeness (QED) is 0.548. The number of carbonyl (C=O) groups is 2. The first-order valence-corrected chi connectivity index (χ1v) is 8.28. The van der Waals surface area contributed by atoms with Crippen molar-refractivity contribution in [2.75, 3.05) is 17.7 Å². The fourth-order valence-electron chi connectivity index (χ4n) is 2.24. The molecule has 0 radical (unpaired) electrons. The van der Waals surface area contributed by atoms with E-state index in [1.807, 2.05) is 0 Å². The van der Waals surface area contributed by atoms with Gasteiger partial charge in [-0.2, -0.15) is 0 Å². The summed E-state index contributed by atoms with van der Waals surface area (Å²) < 4.78 is 15.9. The van der Waals surface area contributed by atoms with E-state index < -0.39 is 0 Å². The maximum absolute atomic E-state index is 12.3. The Bertz CT molecular complexity index is 935. The lowest BCUT2D eigenvalue weighted by Gasteiger charge is -2.18. The molecule has 126 valence electrons. The number of furan rings is 1. The summed E-state index contributed by atoms with van der Waals surface area (Å²) >= 11 is 1.13. The van der Waals surface area contributed by atoms with Crippen LogP contribution >= 0.6 is 11.8 Å². The number of hydrogen-bond donors (Lipinski definition) is 1. The van der Waals surface area contributed by atoms with Gasteiger partial charge in [-0.15, -0.1) is 10.2 Å². The maximum Gasteiger partial charge on any atom is 0.284 e. The predicted molar refractivity (Wildman–Crippen MR) is 87.6 cm³/mol. The second-order valence-electron chi connectivity index (χ2n) is 5.11. The lowest BCUT2D eigenvalue weighted by Crippen LogP contribution is -2.25. The fraction of sp³-hybridized carbons (Fsp3) is 0.125. The zero-order valence-corrected chi connectivity index (χ0v) is 13.5. The first-order valence-electron chi connectivity index (χ1n) is 7.29. The molecule has 3 aromatic rings. The van der Waals surface area contributed by atoms with Crippen molar-refractivity contribution < 1.29 is 23.2 Å². The third kappa shape index (κ3) is 3.26. The number of amides is 1. The van der Waals surface area contributed by atoms with Crippen molar-refractivity contribution in [3.8, 4) is 17.4 Å². The van der Waals surface area contributed by atoms with E-state index in [0.29, 0.717) is 22.8 Å². The van der Waals surface area contributed by atoms with Crippen LogP contribution in [0.5, 0.6) is 5.75 Å². The van der Waals surface area contributed by atoms with E-state index in [2.05, 4.69) is 15.5 Å². The Morgan fingerprint density at radius 2 is 2.20 bits per heavy atom. The molecular formula is C16H11N3O5S. The van der Waals surface area contributed by atoms with Gasteiger partial charge >= 0.3 is 0 Å². The van der Waals surface area contributed by atoms with Crippen LogP contribution in [-0.4, -0.2) is 34.2 Å². The molecule has 1 N–H and O–H groups in total. The number of thioether (sulfide) groups is 1. The third-order valence-corrected chi connectivity index (χ3v) is 4.22. The molecule has 25 heavy (non-hydrogen) atoms. The molecule has 0 bridgehead atoms. The highest BCUT2D eigenvalue weighted by molar-refractivity contribution is 7.99. The van der Waals surface area contributed by atoms with Crippen LogP contribution in [0.25, 0.3) is 11.7 Å². The first kappa shape index (κ1) is 15.5. The standard InChI is InChI=1S/C16H11N3O5S/c20-11(9-3-4-12-10(6-9)17-14(21)7-23-12)8-25-16-19-18-15(24-16)13-2-1-5-22-13/h1-6H,7-8H2,(H,17,21). The van der Waals surface area contributed by atoms with Crippen LogP contribution in [0, 0.1) is 0 Å². The Hall–Kier alpha value is -3.07. The van der Waals surface area contributed by atoms with Crippen LogP contribution in [0.2, 0.25) is 0 Å². The number of ether oxygens (including phenoxy) is 1. The second-order valence-corrected chi connectivity index (χ2v) is 6.04. The van der Waals surface area contributed by atoms with Gasteiger partial charge in [0.05, 0.1) is 17.7 Å². The molecule has 0 saturated heterocycles. The second kappa shape index (κ2) is 6.44. The highest BCUT2D eigenvalue weighted by atomic mass is 32.2. The van der Waals surface area contributed by atoms with E-state index in [1.165, 1.54) is 6.26 Å². The van der Waals surface area contributed by atoms with Crippen molar-refractivity contribution in [3.05, 3.63) is 42.2 Å². The van der Waals surface area contributed by atoms with Gasteiger partial charge in [-0.25, -0.2) is 0 Å². The van der Waals surface area contributed by atoms with Gasteiger partial charge in [-0.3, -0.25) is 9.59 Å². The van der Waals surface area contributed by atoms with Crippen molar-refractivity contribution >= 4 is 29.1 Å². The summed E-state index contributed by atoms with van der Waals surface area (Å²) in [6, 6.07) is 8.33. The lowest BCUT2D eigenvalue weighted by atomic mass is 10.1. The molecule has 9 heteroatoms. The summed E-state index contributed by atoms with van der Waals surface area (Å²) in [5.41, 5.74) is 0.952. The number of nitrogens with one attached hydrogen (secondary N) is 1. The zero-order chi connectivity index (χ0) is 17.2. The van der Waals surface area contributed by atoms with E-state index in [0.717, 1.165) is 11.8 Å². The number of fused-ring (bicyclic) bond motifs is 1. The van der Waals surface area contributed by atoms with E-state index in [4.69, 9.17) is 13.6 Å². The van der Waals surface area contributed by atoms with Crippen molar-refractivity contribution in [2.45, 2.75) is 5.22 Å². The molecule has 2 aromatic heterocycles. The fourth-order valence-corrected chi connectivity index (χ4v) is 2.89. The van der Waals surface area contributed by atoms with E-state index in [1.54, 1.807) is 30.3 Å². The SMILES string of the molecule is O=C1COc2ccc(C(=O)CSc3nnc(-c4ccco4)o3)cc2N1. The largest absolute Gasteiger partial charge is 0.482 e. The summed E-state index contributed by atoms with van der Waals surface area (Å²) in [5, 5.41) is 10.7. The average molecular weight is 357 g/mol. The number of rotatable bonds is 5. The normalized spacial score (nSPS) is 13.0. The molecular weight excluding hydrogens is 346 g/mol. The number of aromatic nitrogens is 2.